The van der Waals surface area contributed by atoms with Gasteiger partial charge in [-0.2, -0.15) is 0 Å². The smallest absolute Gasteiger partial charge is 0.0975 e. The van der Waals surface area contributed by atoms with E-state index < -0.39 is 0 Å². The summed E-state index contributed by atoms with van der Waals surface area (Å²) in [6, 6.07) is 8.24. The van der Waals surface area contributed by atoms with E-state index in [2.05, 4.69) is 44.0 Å². The molecule has 1 aromatic carbocycles. The number of ether oxygens (including phenoxy) is 2. The molecule has 0 amide bonds. The molecule has 0 aromatic heterocycles. The van der Waals surface area contributed by atoms with Crippen molar-refractivity contribution in [3.8, 4) is 0 Å². The van der Waals surface area contributed by atoms with Crippen LogP contribution in [0.1, 0.15) is 10.4 Å². The Labute approximate surface area is 106 Å². The number of rotatable bonds is 2. The molecule has 0 spiro atoms. The first kappa shape index (κ1) is 11.6. The Kier molecular flexibility index (Phi) is 4.20. The summed E-state index contributed by atoms with van der Waals surface area (Å²) in [4.78, 5) is 0.200. The first-order valence-electron chi connectivity index (χ1n) is 4.86. The van der Waals surface area contributed by atoms with E-state index in [0.717, 1.165) is 4.47 Å². The van der Waals surface area contributed by atoms with Crippen LogP contribution in [0.3, 0.4) is 0 Å². The Balaban J connectivity index is 2.05. The van der Waals surface area contributed by atoms with Crippen molar-refractivity contribution < 1.29 is 9.47 Å². The van der Waals surface area contributed by atoms with Gasteiger partial charge in [0.1, 0.15) is 0 Å². The van der Waals surface area contributed by atoms with Gasteiger partial charge < -0.3 is 9.47 Å². The zero-order valence-corrected chi connectivity index (χ0v) is 11.3. The van der Waals surface area contributed by atoms with Crippen LogP contribution in [0.5, 0.6) is 0 Å². The second-order valence-corrected chi connectivity index (χ2v) is 5.34. The molecule has 1 aliphatic heterocycles. The fraction of sp³-hybridized carbons (Fsp3) is 0.455. The van der Waals surface area contributed by atoms with E-state index in [1.165, 1.54) is 5.56 Å². The summed E-state index contributed by atoms with van der Waals surface area (Å²) in [6.45, 7) is 2.05. The third-order valence-corrected chi connectivity index (χ3v) is 4.00. The second-order valence-electron chi connectivity index (χ2n) is 3.44. The standard InChI is InChI=1S/C11H12Br2O2/c12-9-3-1-8(2-4-9)11(13)10-7-14-5-6-15-10/h1-4,10-11H,5-7H2. The molecule has 1 fully saturated rings. The average molecular weight is 336 g/mol. The molecule has 1 saturated heterocycles. The largest absolute Gasteiger partial charge is 0.376 e. The molecule has 1 aromatic rings. The van der Waals surface area contributed by atoms with E-state index in [9.17, 15) is 0 Å². The number of hydrogen-bond donors (Lipinski definition) is 0. The van der Waals surface area contributed by atoms with Crippen LogP contribution in [-0.4, -0.2) is 25.9 Å². The van der Waals surface area contributed by atoms with Gasteiger partial charge in [-0.25, -0.2) is 0 Å². The van der Waals surface area contributed by atoms with Gasteiger partial charge in [0.15, 0.2) is 0 Å². The van der Waals surface area contributed by atoms with E-state index in [1.807, 2.05) is 12.1 Å². The van der Waals surface area contributed by atoms with Gasteiger partial charge in [-0.3, -0.25) is 0 Å². The summed E-state index contributed by atoms with van der Waals surface area (Å²) >= 11 is 7.07. The minimum atomic E-state index is 0.111. The zero-order chi connectivity index (χ0) is 10.7. The summed E-state index contributed by atoms with van der Waals surface area (Å²) in [6.07, 6.45) is 0.111. The van der Waals surface area contributed by atoms with Crippen LogP contribution in [0, 0.1) is 0 Å². The number of alkyl halides is 1. The maximum Gasteiger partial charge on any atom is 0.0975 e. The molecule has 1 heterocycles. The van der Waals surface area contributed by atoms with Crippen molar-refractivity contribution in [3.63, 3.8) is 0 Å². The lowest BCUT2D eigenvalue weighted by atomic mass is 10.1. The Morgan fingerprint density at radius 2 is 1.93 bits per heavy atom. The lowest BCUT2D eigenvalue weighted by Crippen LogP contribution is -2.31. The topological polar surface area (TPSA) is 18.5 Å². The highest BCUT2D eigenvalue weighted by Gasteiger charge is 2.24. The molecule has 0 radical (unpaired) electrons. The first-order valence-corrected chi connectivity index (χ1v) is 6.57. The van der Waals surface area contributed by atoms with Crippen LogP contribution >= 0.6 is 31.9 Å². The lowest BCUT2D eigenvalue weighted by molar-refractivity contribution is -0.0876. The van der Waals surface area contributed by atoms with Crippen LogP contribution in [0.4, 0.5) is 0 Å². The highest BCUT2D eigenvalue weighted by atomic mass is 79.9. The molecule has 0 aliphatic carbocycles. The molecule has 2 nitrogen and oxygen atoms in total. The molecule has 2 unspecified atom stereocenters. The van der Waals surface area contributed by atoms with Gasteiger partial charge in [0, 0.05) is 4.47 Å². The summed E-state index contributed by atoms with van der Waals surface area (Å²) in [5.41, 5.74) is 1.22. The van der Waals surface area contributed by atoms with Crippen LogP contribution in [0.2, 0.25) is 0 Å². The van der Waals surface area contributed by atoms with Crippen LogP contribution in [-0.2, 0) is 9.47 Å². The van der Waals surface area contributed by atoms with Gasteiger partial charge in [-0.1, -0.05) is 44.0 Å². The normalized spacial score (nSPS) is 23.7. The Hall–Kier alpha value is 0.100. The maximum atomic E-state index is 5.64. The molecule has 0 N–H and O–H groups in total. The molecular formula is C11H12Br2O2. The third-order valence-electron chi connectivity index (χ3n) is 2.36. The summed E-state index contributed by atoms with van der Waals surface area (Å²) < 4.78 is 12.1. The molecule has 4 heteroatoms. The minimum Gasteiger partial charge on any atom is -0.376 e. The van der Waals surface area contributed by atoms with Gasteiger partial charge in [-0.05, 0) is 17.7 Å². The summed E-state index contributed by atoms with van der Waals surface area (Å²) in [5, 5.41) is 0. The van der Waals surface area contributed by atoms with Crippen molar-refractivity contribution in [1.82, 2.24) is 0 Å². The number of hydrogen-bond acceptors (Lipinski definition) is 2. The van der Waals surface area contributed by atoms with Crippen molar-refractivity contribution in [3.05, 3.63) is 34.3 Å². The van der Waals surface area contributed by atoms with Crippen molar-refractivity contribution in [2.24, 2.45) is 0 Å². The van der Waals surface area contributed by atoms with Crippen molar-refractivity contribution in [2.75, 3.05) is 19.8 Å². The van der Waals surface area contributed by atoms with Gasteiger partial charge in [-0.15, -0.1) is 0 Å². The third kappa shape index (κ3) is 3.03. The Morgan fingerprint density at radius 3 is 2.53 bits per heavy atom. The zero-order valence-electron chi connectivity index (χ0n) is 8.16. The molecule has 2 rings (SSSR count). The van der Waals surface area contributed by atoms with E-state index in [4.69, 9.17) is 9.47 Å². The highest BCUT2D eigenvalue weighted by molar-refractivity contribution is 9.10. The van der Waals surface area contributed by atoms with E-state index >= 15 is 0 Å². The molecule has 0 saturated carbocycles. The average Bonchev–Trinajstić information content (AvgIpc) is 2.30. The Morgan fingerprint density at radius 1 is 1.20 bits per heavy atom. The Bertz CT molecular complexity index is 307. The van der Waals surface area contributed by atoms with Crippen LogP contribution in [0.15, 0.2) is 28.7 Å². The number of benzene rings is 1. The molecular weight excluding hydrogens is 324 g/mol. The van der Waals surface area contributed by atoms with Gasteiger partial charge in [0.2, 0.25) is 0 Å². The molecule has 0 bridgehead atoms. The lowest BCUT2D eigenvalue weighted by Gasteiger charge is -2.27. The van der Waals surface area contributed by atoms with E-state index in [1.54, 1.807) is 0 Å². The fourth-order valence-electron chi connectivity index (χ4n) is 1.54. The summed E-state index contributed by atoms with van der Waals surface area (Å²) in [7, 11) is 0. The van der Waals surface area contributed by atoms with Crippen molar-refractivity contribution >= 4 is 31.9 Å². The molecule has 82 valence electrons. The molecule has 2 atom stereocenters. The fourth-order valence-corrected chi connectivity index (χ4v) is 2.41. The van der Waals surface area contributed by atoms with Crippen LogP contribution in [0.25, 0.3) is 0 Å². The predicted octanol–water partition coefficient (Wildman–Crippen LogP) is 3.30. The number of halogens is 2. The highest BCUT2D eigenvalue weighted by Crippen LogP contribution is 2.30. The van der Waals surface area contributed by atoms with E-state index in [-0.39, 0.29) is 10.9 Å². The maximum absolute atomic E-state index is 5.64. The SMILES string of the molecule is Brc1ccc(C(Br)C2COCCO2)cc1. The van der Waals surface area contributed by atoms with Gasteiger partial charge >= 0.3 is 0 Å². The van der Waals surface area contributed by atoms with Gasteiger partial charge in [0.25, 0.3) is 0 Å². The quantitative estimate of drug-likeness (QED) is 0.772. The van der Waals surface area contributed by atoms with Crippen molar-refractivity contribution in [1.29, 1.82) is 0 Å². The monoisotopic (exact) mass is 334 g/mol. The predicted molar refractivity (Wildman–Crippen MR) is 66.4 cm³/mol. The molecule has 15 heavy (non-hydrogen) atoms. The summed E-state index contributed by atoms with van der Waals surface area (Å²) in [5.74, 6) is 0. The second kappa shape index (κ2) is 5.43. The minimum absolute atomic E-state index is 0.111. The van der Waals surface area contributed by atoms with E-state index in [0.29, 0.717) is 19.8 Å². The first-order chi connectivity index (χ1) is 7.27. The van der Waals surface area contributed by atoms with Crippen molar-refractivity contribution in [2.45, 2.75) is 10.9 Å². The van der Waals surface area contributed by atoms with Gasteiger partial charge in [0.05, 0.1) is 30.8 Å². The molecule has 1 aliphatic rings. The van der Waals surface area contributed by atoms with Crippen LogP contribution < -0.4 is 0 Å².